The Morgan fingerprint density at radius 2 is 0.820 bits per heavy atom. The predicted octanol–water partition coefficient (Wildman–Crippen LogP) is 4.83. The number of aliphatic hydroxyl groups excluding tert-OH is 1. The molecule has 0 aromatic heterocycles. The van der Waals surface area contributed by atoms with Gasteiger partial charge in [0.05, 0.1) is 48.3 Å². The normalized spacial score (nSPS) is 10.4. The van der Waals surface area contributed by atoms with E-state index in [-0.39, 0.29) is 67.6 Å². The first-order valence-electron chi connectivity index (χ1n) is 16.4. The van der Waals surface area contributed by atoms with Gasteiger partial charge in [-0.1, -0.05) is 39.0 Å². The van der Waals surface area contributed by atoms with Gasteiger partial charge in [-0.05, 0) is 67.8 Å². The summed E-state index contributed by atoms with van der Waals surface area (Å²) >= 11 is 0. The van der Waals surface area contributed by atoms with E-state index in [0.29, 0.717) is 6.61 Å². The Morgan fingerprint density at radius 3 is 1.26 bits per heavy atom. The number of carbonyl (C=O) groups is 8. The molecule has 0 saturated carbocycles. The molecule has 50 heavy (non-hydrogen) atoms. The molecule has 2 rings (SSSR count). The van der Waals surface area contributed by atoms with E-state index >= 15 is 0 Å². The molecule has 14 nitrogen and oxygen atoms in total. The lowest BCUT2D eigenvalue weighted by Crippen LogP contribution is -2.16. The molecule has 0 fully saturated rings. The maximum absolute atomic E-state index is 12.3. The first kappa shape index (κ1) is 40.9. The van der Waals surface area contributed by atoms with Crippen LogP contribution in [-0.4, -0.2) is 72.7 Å². The van der Waals surface area contributed by atoms with Crippen LogP contribution in [0.1, 0.15) is 125 Å². The van der Waals surface area contributed by atoms with Gasteiger partial charge in [0.15, 0.2) is 0 Å². The minimum atomic E-state index is -1.02. The number of esters is 8. The maximum Gasteiger partial charge on any atom is 0.345 e. The molecule has 2 aromatic carbocycles. The lowest BCUT2D eigenvalue weighted by atomic mass is 10.1. The molecule has 1 N–H and O–H groups in total. The third-order valence-corrected chi connectivity index (χ3v) is 6.96. The number of carbonyl (C=O) groups excluding carboxylic acids is 8. The van der Waals surface area contributed by atoms with Gasteiger partial charge >= 0.3 is 47.8 Å². The van der Waals surface area contributed by atoms with Gasteiger partial charge < -0.3 is 28.8 Å². The Hall–Kier alpha value is -5.24. The van der Waals surface area contributed by atoms with Crippen LogP contribution >= 0.6 is 0 Å². The van der Waals surface area contributed by atoms with Crippen molar-refractivity contribution in [3.63, 3.8) is 0 Å². The number of benzene rings is 2. The molecule has 0 aliphatic rings. The van der Waals surface area contributed by atoms with Crippen LogP contribution in [0, 0.1) is 0 Å². The Labute approximate surface area is 289 Å². The van der Waals surface area contributed by atoms with Crippen LogP contribution in [0.4, 0.5) is 0 Å². The van der Waals surface area contributed by atoms with Crippen molar-refractivity contribution in [3.8, 4) is 0 Å². The van der Waals surface area contributed by atoms with E-state index in [1.165, 1.54) is 55.0 Å². The van der Waals surface area contributed by atoms with Crippen LogP contribution in [0.2, 0.25) is 0 Å². The predicted molar refractivity (Wildman–Crippen MR) is 174 cm³/mol. The molecule has 0 aliphatic heterocycles. The fraction of sp³-hybridized carbons (Fsp3) is 0.444. The zero-order chi connectivity index (χ0) is 36.7. The van der Waals surface area contributed by atoms with Crippen molar-refractivity contribution in [2.75, 3.05) is 19.8 Å². The number of aliphatic hydroxyl groups is 1. The Bertz CT molecular complexity index is 1460. The second-order valence-corrected chi connectivity index (χ2v) is 11.0. The van der Waals surface area contributed by atoms with E-state index in [1.54, 1.807) is 0 Å². The van der Waals surface area contributed by atoms with Gasteiger partial charge in [0.1, 0.15) is 6.61 Å². The largest absolute Gasteiger partial charge is 0.463 e. The van der Waals surface area contributed by atoms with E-state index in [2.05, 4.69) is 16.4 Å². The zero-order valence-corrected chi connectivity index (χ0v) is 28.0. The smallest absolute Gasteiger partial charge is 0.345 e. The monoisotopic (exact) mass is 698 g/mol. The van der Waals surface area contributed by atoms with E-state index in [0.717, 1.165) is 32.1 Å². The van der Waals surface area contributed by atoms with Crippen molar-refractivity contribution in [1.82, 2.24) is 0 Å². The topological polar surface area (TPSA) is 203 Å². The van der Waals surface area contributed by atoms with E-state index < -0.39 is 54.2 Å². The lowest BCUT2D eigenvalue weighted by molar-refractivity contribution is -0.148. The fourth-order valence-electron chi connectivity index (χ4n) is 4.23. The molecule has 0 bridgehead atoms. The number of unbranched alkanes of at least 4 members (excludes halogenated alkanes) is 6. The van der Waals surface area contributed by atoms with Crippen LogP contribution in [0.5, 0.6) is 0 Å². The van der Waals surface area contributed by atoms with Gasteiger partial charge in [0.2, 0.25) is 0 Å². The second kappa shape index (κ2) is 23.2. The Kier molecular flexibility index (Phi) is 19.0. The average molecular weight is 699 g/mol. The number of hydrogen-bond donors (Lipinski definition) is 1. The van der Waals surface area contributed by atoms with E-state index in [9.17, 15) is 38.4 Å². The van der Waals surface area contributed by atoms with Gasteiger partial charge in [-0.3, -0.25) is 19.2 Å². The summed E-state index contributed by atoms with van der Waals surface area (Å²) in [6.45, 7) is 1.88. The average Bonchev–Trinajstić information content (AvgIpc) is 3.11. The third-order valence-electron chi connectivity index (χ3n) is 6.96. The molecule has 270 valence electrons. The minimum absolute atomic E-state index is 0.0620. The van der Waals surface area contributed by atoms with E-state index in [1.807, 2.05) is 0 Å². The molecule has 14 heteroatoms. The van der Waals surface area contributed by atoms with E-state index in [4.69, 9.17) is 19.3 Å². The van der Waals surface area contributed by atoms with Crippen molar-refractivity contribution in [2.24, 2.45) is 0 Å². The Balaban J connectivity index is 1.65. The zero-order valence-electron chi connectivity index (χ0n) is 28.0. The second-order valence-electron chi connectivity index (χ2n) is 11.0. The molecular weight excluding hydrogens is 656 g/mol. The van der Waals surface area contributed by atoms with Crippen molar-refractivity contribution < 1.29 is 67.1 Å². The van der Waals surface area contributed by atoms with Crippen molar-refractivity contribution >= 4 is 47.8 Å². The van der Waals surface area contributed by atoms with Crippen LogP contribution < -0.4 is 0 Å². The number of hydrogen-bond acceptors (Lipinski definition) is 14. The summed E-state index contributed by atoms with van der Waals surface area (Å²) in [5.74, 6) is -6.81. The van der Waals surface area contributed by atoms with Crippen LogP contribution in [0.3, 0.4) is 0 Å². The first-order valence-corrected chi connectivity index (χ1v) is 16.4. The molecule has 0 spiro atoms. The third kappa shape index (κ3) is 16.2. The Morgan fingerprint density at radius 1 is 0.440 bits per heavy atom. The summed E-state index contributed by atoms with van der Waals surface area (Å²) < 4.78 is 24.1. The molecule has 0 heterocycles. The first-order chi connectivity index (χ1) is 24.0. The quantitative estimate of drug-likeness (QED) is 0.0803. The highest BCUT2D eigenvalue weighted by molar-refractivity contribution is 6.00. The van der Waals surface area contributed by atoms with Crippen LogP contribution in [-0.2, 0) is 42.9 Å². The van der Waals surface area contributed by atoms with Gasteiger partial charge in [-0.2, -0.15) is 0 Å². The SMILES string of the molecule is CCCCCCCCOC(=O)c1ccc(C(=O)OC(=O)CCCCC(=O)OC(=O)c2ccc(C(=O)OC(=O)CCC(=O)OCCO)cc2)cc1. The summed E-state index contributed by atoms with van der Waals surface area (Å²) in [7, 11) is 0. The summed E-state index contributed by atoms with van der Waals surface area (Å²) in [5.41, 5.74) is 0.198. The maximum atomic E-state index is 12.3. The summed E-state index contributed by atoms with van der Waals surface area (Å²) in [6.07, 6.45) is 5.56. The number of rotatable bonds is 21. The summed E-state index contributed by atoms with van der Waals surface area (Å²) in [4.78, 5) is 96.2. The molecule has 0 radical (unpaired) electrons. The lowest BCUT2D eigenvalue weighted by Gasteiger charge is -2.07. The molecule has 0 saturated heterocycles. The molecule has 0 aliphatic carbocycles. The summed E-state index contributed by atoms with van der Waals surface area (Å²) in [5, 5.41) is 8.60. The highest BCUT2D eigenvalue weighted by Gasteiger charge is 2.19. The fourth-order valence-corrected chi connectivity index (χ4v) is 4.23. The van der Waals surface area contributed by atoms with Crippen LogP contribution in [0.25, 0.3) is 0 Å². The van der Waals surface area contributed by atoms with Crippen molar-refractivity contribution in [3.05, 3.63) is 70.8 Å². The van der Waals surface area contributed by atoms with Gasteiger partial charge in [-0.25, -0.2) is 19.2 Å². The minimum Gasteiger partial charge on any atom is -0.463 e. The van der Waals surface area contributed by atoms with Gasteiger partial charge in [-0.15, -0.1) is 0 Å². The molecular formula is C36H42O14. The molecule has 2 aromatic rings. The van der Waals surface area contributed by atoms with Gasteiger partial charge in [0, 0.05) is 12.8 Å². The highest BCUT2D eigenvalue weighted by atomic mass is 16.6. The van der Waals surface area contributed by atoms with Crippen molar-refractivity contribution in [1.29, 1.82) is 0 Å². The van der Waals surface area contributed by atoms with Gasteiger partial charge in [0.25, 0.3) is 0 Å². The van der Waals surface area contributed by atoms with Crippen molar-refractivity contribution in [2.45, 2.75) is 84.0 Å². The molecule has 0 amide bonds. The standard InChI is InChI=1S/C36H42O14/c1-2-3-4-5-6-9-23-47-33(42)25-12-14-26(15-13-25)34(43)48-30(39)10-7-8-11-31(40)49-35(44)27-16-18-28(19-17-27)36(45)50-32(41)21-20-29(38)46-24-22-37/h12-19,37H,2-11,20-24H2,1H3. The highest BCUT2D eigenvalue weighted by Crippen LogP contribution is 2.13. The number of ether oxygens (including phenoxy) is 5. The molecule has 0 unspecified atom stereocenters. The van der Waals surface area contributed by atoms with Crippen LogP contribution in [0.15, 0.2) is 48.5 Å². The summed E-state index contributed by atoms with van der Waals surface area (Å²) in [6, 6.07) is 10.3. The molecule has 0 atom stereocenters.